The molecular formula is C13H20N4. The van der Waals surface area contributed by atoms with Crippen molar-refractivity contribution >= 4 is 10.9 Å². The van der Waals surface area contributed by atoms with Crippen LogP contribution in [0.1, 0.15) is 24.8 Å². The number of benzene rings is 1. The van der Waals surface area contributed by atoms with Gasteiger partial charge in [0.15, 0.2) is 0 Å². The summed E-state index contributed by atoms with van der Waals surface area (Å²) in [6.07, 6.45) is 6.28. The average molecular weight is 232 g/mol. The number of rotatable bonds is 6. The molecule has 1 aromatic heterocycles. The molecule has 1 unspecified atom stereocenters. The summed E-state index contributed by atoms with van der Waals surface area (Å²) in [5, 5.41) is 8.16. The van der Waals surface area contributed by atoms with E-state index in [-0.39, 0.29) is 6.04 Å². The van der Waals surface area contributed by atoms with Crippen LogP contribution < -0.4 is 11.5 Å². The number of aryl methyl sites for hydroxylation is 1. The van der Waals surface area contributed by atoms with Crippen LogP contribution in [0.4, 0.5) is 0 Å². The van der Waals surface area contributed by atoms with Crippen molar-refractivity contribution in [2.45, 2.75) is 31.7 Å². The van der Waals surface area contributed by atoms with Crippen LogP contribution in [0.3, 0.4) is 0 Å². The molecule has 0 saturated heterocycles. The summed E-state index contributed by atoms with van der Waals surface area (Å²) in [5.41, 5.74) is 13.7. The molecule has 0 aliphatic carbocycles. The summed E-state index contributed by atoms with van der Waals surface area (Å²) in [6, 6.07) is 6.60. The van der Waals surface area contributed by atoms with E-state index in [9.17, 15) is 0 Å². The summed E-state index contributed by atoms with van der Waals surface area (Å²) in [5.74, 6) is 0. The largest absolute Gasteiger partial charge is 0.329 e. The second-order valence-corrected chi connectivity index (χ2v) is 4.53. The van der Waals surface area contributed by atoms with Crippen molar-refractivity contribution in [1.82, 2.24) is 10.2 Å². The Bertz CT molecular complexity index is 463. The Kier molecular flexibility index (Phi) is 4.12. The van der Waals surface area contributed by atoms with Crippen molar-refractivity contribution in [3.63, 3.8) is 0 Å². The molecule has 0 aliphatic heterocycles. The van der Waals surface area contributed by atoms with Gasteiger partial charge in [-0.1, -0.05) is 12.5 Å². The molecule has 4 heteroatoms. The quantitative estimate of drug-likeness (QED) is 0.661. The molecule has 5 N–H and O–H groups in total. The number of aromatic nitrogens is 2. The highest BCUT2D eigenvalue weighted by molar-refractivity contribution is 5.78. The lowest BCUT2D eigenvalue weighted by Crippen LogP contribution is -2.29. The molecule has 17 heavy (non-hydrogen) atoms. The molecule has 0 bridgehead atoms. The molecule has 0 radical (unpaired) electrons. The number of H-pyrrole nitrogens is 1. The second kappa shape index (κ2) is 5.80. The SMILES string of the molecule is NCC(N)CCCCc1ccc2[nH]ncc2c1. The molecule has 0 spiro atoms. The minimum Gasteiger partial charge on any atom is -0.329 e. The Labute approximate surface area is 101 Å². The minimum absolute atomic E-state index is 0.159. The number of hydrogen-bond acceptors (Lipinski definition) is 3. The third-order valence-electron chi connectivity index (χ3n) is 3.10. The highest BCUT2D eigenvalue weighted by Crippen LogP contribution is 2.15. The molecule has 0 amide bonds. The fourth-order valence-electron chi connectivity index (χ4n) is 2.00. The highest BCUT2D eigenvalue weighted by atomic mass is 15.1. The normalized spacial score (nSPS) is 13.1. The van der Waals surface area contributed by atoms with Crippen LogP contribution in [0.5, 0.6) is 0 Å². The molecule has 1 atom stereocenters. The van der Waals surface area contributed by atoms with Crippen LogP contribution in [0.25, 0.3) is 10.9 Å². The van der Waals surface area contributed by atoms with Gasteiger partial charge >= 0.3 is 0 Å². The number of aromatic amines is 1. The first-order valence-electron chi connectivity index (χ1n) is 6.17. The second-order valence-electron chi connectivity index (χ2n) is 4.53. The van der Waals surface area contributed by atoms with E-state index in [2.05, 4.69) is 28.4 Å². The fraction of sp³-hybridized carbons (Fsp3) is 0.462. The lowest BCUT2D eigenvalue weighted by atomic mass is 10.0. The maximum Gasteiger partial charge on any atom is 0.0650 e. The van der Waals surface area contributed by atoms with Gasteiger partial charge in [0.05, 0.1) is 11.7 Å². The molecule has 1 aromatic carbocycles. The zero-order chi connectivity index (χ0) is 12.1. The van der Waals surface area contributed by atoms with Gasteiger partial charge in [-0.25, -0.2) is 0 Å². The van der Waals surface area contributed by atoms with Gasteiger partial charge in [-0.05, 0) is 37.0 Å². The predicted octanol–water partition coefficient (Wildman–Crippen LogP) is 1.56. The van der Waals surface area contributed by atoms with Gasteiger partial charge in [0.2, 0.25) is 0 Å². The third kappa shape index (κ3) is 3.28. The van der Waals surface area contributed by atoms with E-state index >= 15 is 0 Å². The van der Waals surface area contributed by atoms with Crippen LogP contribution >= 0.6 is 0 Å². The van der Waals surface area contributed by atoms with Gasteiger partial charge in [-0.3, -0.25) is 5.10 Å². The van der Waals surface area contributed by atoms with Gasteiger partial charge in [0, 0.05) is 18.0 Å². The van der Waals surface area contributed by atoms with Gasteiger partial charge in [0.1, 0.15) is 0 Å². The van der Waals surface area contributed by atoms with Crippen LogP contribution in [-0.2, 0) is 6.42 Å². The summed E-state index contributed by atoms with van der Waals surface area (Å²) in [6.45, 7) is 0.584. The molecule has 0 aliphatic rings. The summed E-state index contributed by atoms with van der Waals surface area (Å²) in [4.78, 5) is 0. The Morgan fingerprint density at radius 1 is 1.29 bits per heavy atom. The average Bonchev–Trinajstić information content (AvgIpc) is 2.81. The number of nitrogens with zero attached hydrogens (tertiary/aromatic N) is 1. The minimum atomic E-state index is 0.159. The van der Waals surface area contributed by atoms with Crippen LogP contribution in [0.2, 0.25) is 0 Å². The Hall–Kier alpha value is -1.39. The molecular weight excluding hydrogens is 212 g/mol. The van der Waals surface area contributed by atoms with Gasteiger partial charge in [-0.15, -0.1) is 0 Å². The lowest BCUT2D eigenvalue weighted by Gasteiger charge is -2.07. The fourth-order valence-corrected chi connectivity index (χ4v) is 2.00. The monoisotopic (exact) mass is 232 g/mol. The zero-order valence-corrected chi connectivity index (χ0v) is 10.0. The van der Waals surface area contributed by atoms with Gasteiger partial charge in [0.25, 0.3) is 0 Å². The first-order chi connectivity index (χ1) is 8.29. The number of nitrogens with one attached hydrogen (secondary N) is 1. The van der Waals surface area contributed by atoms with Crippen molar-refractivity contribution in [1.29, 1.82) is 0 Å². The number of hydrogen-bond donors (Lipinski definition) is 3. The lowest BCUT2D eigenvalue weighted by molar-refractivity contribution is 0.570. The predicted molar refractivity (Wildman–Crippen MR) is 70.7 cm³/mol. The number of unbranched alkanes of at least 4 members (excludes halogenated alkanes) is 1. The highest BCUT2D eigenvalue weighted by Gasteiger charge is 2.01. The smallest absolute Gasteiger partial charge is 0.0650 e. The number of nitrogens with two attached hydrogens (primary N) is 2. The maximum absolute atomic E-state index is 5.78. The third-order valence-corrected chi connectivity index (χ3v) is 3.10. The molecule has 0 saturated carbocycles. The first kappa shape index (κ1) is 12.1. The van der Waals surface area contributed by atoms with Gasteiger partial charge < -0.3 is 11.5 Å². The molecule has 1 heterocycles. The molecule has 0 fully saturated rings. The van der Waals surface area contributed by atoms with E-state index in [1.54, 1.807) is 0 Å². The van der Waals surface area contributed by atoms with Crippen LogP contribution in [-0.4, -0.2) is 22.8 Å². The van der Waals surface area contributed by atoms with E-state index in [4.69, 9.17) is 11.5 Å². The van der Waals surface area contributed by atoms with E-state index in [0.29, 0.717) is 6.54 Å². The summed E-state index contributed by atoms with van der Waals surface area (Å²) in [7, 11) is 0. The maximum atomic E-state index is 5.78. The summed E-state index contributed by atoms with van der Waals surface area (Å²) < 4.78 is 0. The van der Waals surface area contributed by atoms with Crippen molar-refractivity contribution in [3.05, 3.63) is 30.0 Å². The standard InChI is InChI=1S/C13H20N4/c14-8-12(15)4-2-1-3-10-5-6-13-11(7-10)9-16-17-13/h5-7,9,12H,1-4,8,14-15H2,(H,16,17). The van der Waals surface area contributed by atoms with Crippen molar-refractivity contribution < 1.29 is 0 Å². The Morgan fingerprint density at radius 3 is 3.00 bits per heavy atom. The van der Waals surface area contributed by atoms with Gasteiger partial charge in [-0.2, -0.15) is 5.10 Å². The van der Waals surface area contributed by atoms with Crippen molar-refractivity contribution in [2.24, 2.45) is 11.5 Å². The summed E-state index contributed by atoms with van der Waals surface area (Å²) >= 11 is 0. The molecule has 92 valence electrons. The Morgan fingerprint density at radius 2 is 2.18 bits per heavy atom. The Balaban J connectivity index is 1.82. The zero-order valence-electron chi connectivity index (χ0n) is 10.0. The van der Waals surface area contributed by atoms with Crippen molar-refractivity contribution in [3.8, 4) is 0 Å². The molecule has 2 aromatic rings. The topological polar surface area (TPSA) is 80.7 Å². The molecule has 2 rings (SSSR count). The molecule has 4 nitrogen and oxygen atoms in total. The number of fused-ring (bicyclic) bond motifs is 1. The van der Waals surface area contributed by atoms with Crippen LogP contribution in [0, 0.1) is 0 Å². The van der Waals surface area contributed by atoms with E-state index in [0.717, 1.165) is 31.2 Å². The van der Waals surface area contributed by atoms with E-state index in [1.165, 1.54) is 10.9 Å². The van der Waals surface area contributed by atoms with Crippen molar-refractivity contribution in [2.75, 3.05) is 6.54 Å². The van der Waals surface area contributed by atoms with Crippen LogP contribution in [0.15, 0.2) is 24.4 Å². The van der Waals surface area contributed by atoms with E-state index in [1.807, 2.05) is 6.20 Å². The van der Waals surface area contributed by atoms with E-state index < -0.39 is 0 Å². The first-order valence-corrected chi connectivity index (χ1v) is 6.17.